The van der Waals surface area contributed by atoms with Crippen molar-refractivity contribution in [3.63, 3.8) is 0 Å². The highest BCUT2D eigenvalue weighted by Crippen LogP contribution is 1.98. The molecule has 0 aromatic rings. The van der Waals surface area contributed by atoms with Crippen molar-refractivity contribution in [1.82, 2.24) is 5.32 Å². The summed E-state index contributed by atoms with van der Waals surface area (Å²) in [5.74, 6) is 0.560. The number of carbonyl (C=O) groups excluding carboxylic acids is 1. The molecule has 1 amide bonds. The van der Waals surface area contributed by atoms with Crippen LogP contribution in [0.1, 0.15) is 34.1 Å². The lowest BCUT2D eigenvalue weighted by atomic mass is 10.1. The monoisotopic (exact) mass is 407 g/mol. The first kappa shape index (κ1) is 27.2. The van der Waals surface area contributed by atoms with E-state index in [4.69, 9.17) is 28.4 Å². The fraction of sp³-hybridized carbons (Fsp3) is 0.950. The predicted octanol–water partition coefficient (Wildman–Crippen LogP) is 1.66. The summed E-state index contributed by atoms with van der Waals surface area (Å²) in [7, 11) is 0. The van der Waals surface area contributed by atoms with Crippen LogP contribution >= 0.6 is 0 Å². The molecule has 8 heteroatoms. The van der Waals surface area contributed by atoms with E-state index >= 15 is 0 Å². The molecule has 0 atom stereocenters. The minimum atomic E-state index is -0.112. The zero-order chi connectivity index (χ0) is 20.9. The SMILES string of the molecule is CC(C)CCOCCOCCOCCOCCOCCOCC(=O)NC(C)C. The van der Waals surface area contributed by atoms with Crippen LogP contribution in [-0.4, -0.2) is 91.2 Å². The van der Waals surface area contributed by atoms with Gasteiger partial charge in [-0.3, -0.25) is 4.79 Å². The molecule has 0 rings (SSSR count). The van der Waals surface area contributed by atoms with Gasteiger partial charge in [0.25, 0.3) is 0 Å². The highest BCUT2D eigenvalue weighted by molar-refractivity contribution is 5.77. The van der Waals surface area contributed by atoms with E-state index in [9.17, 15) is 4.79 Å². The van der Waals surface area contributed by atoms with Crippen LogP contribution in [-0.2, 0) is 33.2 Å². The standard InChI is InChI=1S/C20H41NO7/c1-18(2)5-6-23-7-8-24-9-10-25-11-12-26-13-14-27-15-16-28-17-20(22)21-19(3)4/h18-19H,5-17H2,1-4H3,(H,21,22). The van der Waals surface area contributed by atoms with Crippen molar-refractivity contribution in [2.45, 2.75) is 40.2 Å². The molecule has 0 aromatic carbocycles. The number of rotatable bonds is 21. The molecular weight excluding hydrogens is 366 g/mol. The van der Waals surface area contributed by atoms with Crippen molar-refractivity contribution in [1.29, 1.82) is 0 Å². The minimum Gasteiger partial charge on any atom is -0.379 e. The van der Waals surface area contributed by atoms with E-state index in [1.165, 1.54) is 0 Å². The summed E-state index contributed by atoms with van der Waals surface area (Å²) in [5, 5.41) is 2.75. The number of nitrogens with one attached hydrogen (secondary N) is 1. The molecular formula is C20H41NO7. The molecule has 0 radical (unpaired) electrons. The molecule has 8 nitrogen and oxygen atoms in total. The van der Waals surface area contributed by atoms with E-state index in [0.717, 1.165) is 13.0 Å². The summed E-state index contributed by atoms with van der Waals surface area (Å²) in [4.78, 5) is 11.3. The Labute approximate surface area is 170 Å². The molecule has 0 heterocycles. The van der Waals surface area contributed by atoms with Crippen LogP contribution in [0.2, 0.25) is 0 Å². The molecule has 0 saturated heterocycles. The molecule has 0 bridgehead atoms. The molecule has 0 aliphatic carbocycles. The van der Waals surface area contributed by atoms with E-state index < -0.39 is 0 Å². The average molecular weight is 408 g/mol. The van der Waals surface area contributed by atoms with Crippen LogP contribution in [0, 0.1) is 5.92 Å². The number of hydrogen-bond donors (Lipinski definition) is 1. The summed E-state index contributed by atoms with van der Waals surface area (Å²) in [6.07, 6.45) is 1.08. The number of hydrogen-bond acceptors (Lipinski definition) is 7. The van der Waals surface area contributed by atoms with Crippen LogP contribution in [0.4, 0.5) is 0 Å². The van der Waals surface area contributed by atoms with Crippen molar-refractivity contribution in [3.05, 3.63) is 0 Å². The largest absolute Gasteiger partial charge is 0.379 e. The van der Waals surface area contributed by atoms with Gasteiger partial charge in [0.2, 0.25) is 5.91 Å². The molecule has 0 spiro atoms. The fourth-order valence-corrected chi connectivity index (χ4v) is 1.95. The number of amides is 1. The van der Waals surface area contributed by atoms with Crippen molar-refractivity contribution < 1.29 is 33.2 Å². The van der Waals surface area contributed by atoms with Gasteiger partial charge in [0, 0.05) is 12.6 Å². The summed E-state index contributed by atoms with van der Waals surface area (Å²) >= 11 is 0. The van der Waals surface area contributed by atoms with Crippen LogP contribution < -0.4 is 5.32 Å². The van der Waals surface area contributed by atoms with Crippen LogP contribution in [0.3, 0.4) is 0 Å². The van der Waals surface area contributed by atoms with Gasteiger partial charge in [-0.2, -0.15) is 0 Å². The topological polar surface area (TPSA) is 84.5 Å². The van der Waals surface area contributed by atoms with Crippen LogP contribution in [0.15, 0.2) is 0 Å². The van der Waals surface area contributed by atoms with Crippen LogP contribution in [0.25, 0.3) is 0 Å². The first-order chi connectivity index (χ1) is 13.5. The molecule has 0 aliphatic heterocycles. The Morgan fingerprint density at radius 3 is 1.32 bits per heavy atom. The molecule has 1 N–H and O–H groups in total. The number of carbonyl (C=O) groups is 1. The molecule has 0 aromatic heterocycles. The summed E-state index contributed by atoms with van der Waals surface area (Å²) in [5.41, 5.74) is 0. The summed E-state index contributed by atoms with van der Waals surface area (Å²) in [6, 6.07) is 0.125. The molecule has 0 fully saturated rings. The second-order valence-electron chi connectivity index (χ2n) is 7.02. The van der Waals surface area contributed by atoms with E-state index in [2.05, 4.69) is 19.2 Å². The van der Waals surface area contributed by atoms with Gasteiger partial charge in [0.1, 0.15) is 6.61 Å². The highest BCUT2D eigenvalue weighted by Gasteiger charge is 2.02. The predicted molar refractivity (Wildman–Crippen MR) is 108 cm³/mol. The van der Waals surface area contributed by atoms with Crippen molar-refractivity contribution in [2.24, 2.45) is 5.92 Å². The van der Waals surface area contributed by atoms with E-state index in [1.807, 2.05) is 13.8 Å². The van der Waals surface area contributed by atoms with Crippen molar-refractivity contribution >= 4 is 5.91 Å². The number of ether oxygens (including phenoxy) is 6. The van der Waals surface area contributed by atoms with Gasteiger partial charge in [-0.25, -0.2) is 0 Å². The van der Waals surface area contributed by atoms with Gasteiger partial charge in [-0.05, 0) is 26.2 Å². The van der Waals surface area contributed by atoms with Crippen molar-refractivity contribution in [2.75, 3.05) is 79.3 Å². The third kappa shape index (κ3) is 23.3. The Hall–Kier alpha value is -0.770. The van der Waals surface area contributed by atoms with Gasteiger partial charge < -0.3 is 33.7 Å². The third-order valence-electron chi connectivity index (χ3n) is 3.38. The van der Waals surface area contributed by atoms with Gasteiger partial charge >= 0.3 is 0 Å². The average Bonchev–Trinajstić information content (AvgIpc) is 2.62. The lowest BCUT2D eigenvalue weighted by molar-refractivity contribution is -0.126. The van der Waals surface area contributed by atoms with Crippen molar-refractivity contribution in [3.8, 4) is 0 Å². The Morgan fingerprint density at radius 2 is 0.964 bits per heavy atom. The first-order valence-electron chi connectivity index (χ1n) is 10.3. The van der Waals surface area contributed by atoms with Crippen LogP contribution in [0.5, 0.6) is 0 Å². The quantitative estimate of drug-likeness (QED) is 0.290. The zero-order valence-electron chi connectivity index (χ0n) is 18.2. The van der Waals surface area contributed by atoms with Gasteiger partial charge in [-0.1, -0.05) is 13.8 Å². The zero-order valence-corrected chi connectivity index (χ0v) is 18.2. The maximum absolute atomic E-state index is 11.3. The summed E-state index contributed by atoms with van der Waals surface area (Å²) in [6.45, 7) is 14.2. The van der Waals surface area contributed by atoms with E-state index in [1.54, 1.807) is 0 Å². The smallest absolute Gasteiger partial charge is 0.246 e. The minimum absolute atomic E-state index is 0.0598. The maximum Gasteiger partial charge on any atom is 0.246 e. The molecule has 0 saturated carbocycles. The van der Waals surface area contributed by atoms with E-state index in [-0.39, 0.29) is 18.6 Å². The molecule has 168 valence electrons. The van der Waals surface area contributed by atoms with Gasteiger partial charge in [0.05, 0.1) is 66.1 Å². The normalized spacial score (nSPS) is 11.5. The molecule has 0 aliphatic rings. The second-order valence-corrected chi connectivity index (χ2v) is 7.02. The highest BCUT2D eigenvalue weighted by atomic mass is 16.6. The molecule has 0 unspecified atom stereocenters. The Kier molecular flexibility index (Phi) is 20.4. The Balaban J connectivity index is 3.08. The summed E-state index contributed by atoms with van der Waals surface area (Å²) < 4.78 is 32.2. The lowest BCUT2D eigenvalue weighted by Crippen LogP contribution is -2.33. The fourth-order valence-electron chi connectivity index (χ4n) is 1.95. The van der Waals surface area contributed by atoms with E-state index in [0.29, 0.717) is 72.0 Å². The third-order valence-corrected chi connectivity index (χ3v) is 3.38. The van der Waals surface area contributed by atoms with Gasteiger partial charge in [0.15, 0.2) is 0 Å². The second kappa shape index (κ2) is 21.0. The molecule has 28 heavy (non-hydrogen) atoms. The Bertz CT molecular complexity index is 341. The first-order valence-corrected chi connectivity index (χ1v) is 10.3. The lowest BCUT2D eigenvalue weighted by Gasteiger charge is -2.09. The Morgan fingerprint density at radius 1 is 0.607 bits per heavy atom. The van der Waals surface area contributed by atoms with Gasteiger partial charge in [-0.15, -0.1) is 0 Å². The maximum atomic E-state index is 11.3.